The first-order chi connectivity index (χ1) is 12.0. The maximum Gasteiger partial charge on any atom is 0.310 e. The molecule has 0 spiro atoms. The second-order valence-electron chi connectivity index (χ2n) is 7.14. The van der Waals surface area contributed by atoms with Gasteiger partial charge in [-0.25, -0.2) is 17.6 Å². The fraction of sp³-hybridized carbons (Fsp3) is 0.526. The van der Waals surface area contributed by atoms with Crippen molar-refractivity contribution in [3.63, 3.8) is 0 Å². The molecule has 0 N–H and O–H groups in total. The summed E-state index contributed by atoms with van der Waals surface area (Å²) in [6.45, 7) is 5.11. The van der Waals surface area contributed by atoms with E-state index in [1.807, 2.05) is 0 Å². The molecule has 0 aliphatic heterocycles. The summed E-state index contributed by atoms with van der Waals surface area (Å²) < 4.78 is 65.3. The van der Waals surface area contributed by atoms with Crippen LogP contribution in [0.3, 0.4) is 0 Å². The number of hydrogen-bond acceptors (Lipinski definition) is 3. The average Bonchev–Trinajstić information content (AvgIpc) is 3.09. The second-order valence-corrected chi connectivity index (χ2v) is 7.14. The Labute approximate surface area is 150 Å². The van der Waals surface area contributed by atoms with Crippen molar-refractivity contribution in [2.75, 3.05) is 7.11 Å². The lowest BCUT2D eigenvalue weighted by molar-refractivity contribution is -0.147. The number of hydrogen-bond donors (Lipinski definition) is 0. The van der Waals surface area contributed by atoms with Gasteiger partial charge in [0.15, 0.2) is 11.6 Å². The van der Waals surface area contributed by atoms with Gasteiger partial charge in [0, 0.05) is 12.7 Å². The van der Waals surface area contributed by atoms with Crippen molar-refractivity contribution >= 4 is 5.97 Å². The molecule has 26 heavy (non-hydrogen) atoms. The van der Waals surface area contributed by atoms with Crippen molar-refractivity contribution in [3.8, 4) is 0 Å². The van der Waals surface area contributed by atoms with Crippen molar-refractivity contribution in [1.29, 1.82) is 0 Å². The summed E-state index contributed by atoms with van der Waals surface area (Å²) in [5.74, 6) is -5.53. The molecule has 0 bridgehead atoms. The Bertz CT molecular complexity index is 723. The van der Waals surface area contributed by atoms with Gasteiger partial charge in [-0.2, -0.15) is 0 Å². The Morgan fingerprint density at radius 2 is 1.69 bits per heavy atom. The van der Waals surface area contributed by atoms with Gasteiger partial charge in [-0.3, -0.25) is 4.79 Å². The molecule has 3 nitrogen and oxygen atoms in total. The van der Waals surface area contributed by atoms with E-state index >= 15 is 0 Å². The van der Waals surface area contributed by atoms with Gasteiger partial charge < -0.3 is 9.47 Å². The third-order valence-electron chi connectivity index (χ3n) is 4.99. The zero-order chi connectivity index (χ0) is 19.8. The molecule has 7 heteroatoms. The van der Waals surface area contributed by atoms with Gasteiger partial charge in [0.2, 0.25) is 0 Å². The lowest BCUT2D eigenvalue weighted by Crippen LogP contribution is -2.14. The van der Waals surface area contributed by atoms with Crippen LogP contribution in [0.2, 0.25) is 0 Å². The molecule has 1 aromatic rings. The molecule has 1 aliphatic rings. The van der Waals surface area contributed by atoms with E-state index in [1.165, 1.54) is 27.0 Å². The summed E-state index contributed by atoms with van der Waals surface area (Å²) in [5.41, 5.74) is -1.50. The van der Waals surface area contributed by atoms with E-state index in [2.05, 4.69) is 4.74 Å². The molecule has 1 fully saturated rings. The Morgan fingerprint density at radius 3 is 2.23 bits per heavy atom. The van der Waals surface area contributed by atoms with E-state index in [0.717, 1.165) is 0 Å². The van der Waals surface area contributed by atoms with Crippen molar-refractivity contribution in [3.05, 3.63) is 46.0 Å². The van der Waals surface area contributed by atoms with Crippen LogP contribution >= 0.6 is 0 Å². The highest BCUT2D eigenvalue weighted by molar-refractivity contribution is 5.78. The maximum absolute atomic E-state index is 14.2. The van der Waals surface area contributed by atoms with E-state index in [0.29, 0.717) is 0 Å². The first kappa shape index (κ1) is 20.4. The Balaban J connectivity index is 2.18. The van der Waals surface area contributed by atoms with Crippen LogP contribution in [0, 0.1) is 41.6 Å². The van der Waals surface area contributed by atoms with E-state index in [-0.39, 0.29) is 17.0 Å². The first-order valence-electron chi connectivity index (χ1n) is 8.18. The second kappa shape index (κ2) is 7.39. The molecule has 0 amide bonds. The molecule has 0 heterocycles. The van der Waals surface area contributed by atoms with E-state index in [4.69, 9.17) is 4.74 Å². The molecule has 1 saturated carbocycles. The molecule has 0 saturated heterocycles. The fourth-order valence-electron chi connectivity index (χ4n) is 3.25. The molecular formula is C19H22F4O3. The van der Waals surface area contributed by atoms with Crippen LogP contribution in [0.15, 0.2) is 11.9 Å². The van der Waals surface area contributed by atoms with Crippen LogP contribution in [-0.2, 0) is 27.5 Å². The summed E-state index contributed by atoms with van der Waals surface area (Å²) in [4.78, 5) is 12.2. The Kier molecular flexibility index (Phi) is 5.80. The highest BCUT2D eigenvalue weighted by atomic mass is 19.2. The van der Waals surface area contributed by atoms with Gasteiger partial charge >= 0.3 is 5.97 Å². The third-order valence-corrected chi connectivity index (χ3v) is 4.99. The van der Waals surface area contributed by atoms with Crippen LogP contribution in [-0.4, -0.2) is 13.1 Å². The minimum absolute atomic E-state index is 0.144. The van der Waals surface area contributed by atoms with E-state index in [9.17, 15) is 22.4 Å². The zero-order valence-corrected chi connectivity index (χ0v) is 15.4. The van der Waals surface area contributed by atoms with Crippen LogP contribution in [0.1, 0.15) is 37.5 Å². The van der Waals surface area contributed by atoms with Crippen molar-refractivity contribution in [1.82, 2.24) is 0 Å². The molecular weight excluding hydrogens is 352 g/mol. The fourth-order valence-corrected chi connectivity index (χ4v) is 3.25. The SMILES string of the molecule is COCc1c(F)c(C)c(COC(=O)[C@@H]2C(/C=C(\C)F)C2(C)C)c(F)c1F. The average molecular weight is 374 g/mol. The molecule has 2 atom stereocenters. The molecule has 2 rings (SSSR count). The topological polar surface area (TPSA) is 35.5 Å². The highest BCUT2D eigenvalue weighted by Gasteiger charge is 2.61. The number of halogens is 4. The van der Waals surface area contributed by atoms with Crippen molar-refractivity contribution < 1.29 is 31.8 Å². The third kappa shape index (κ3) is 3.63. The van der Waals surface area contributed by atoms with Gasteiger partial charge in [0.05, 0.1) is 23.9 Å². The van der Waals surface area contributed by atoms with E-state index in [1.54, 1.807) is 13.8 Å². The predicted molar refractivity (Wildman–Crippen MR) is 87.2 cm³/mol. The summed E-state index contributed by atoms with van der Waals surface area (Å²) in [5, 5.41) is 0. The van der Waals surface area contributed by atoms with Crippen molar-refractivity contribution in [2.24, 2.45) is 17.3 Å². The van der Waals surface area contributed by atoms with Gasteiger partial charge in [-0.15, -0.1) is 0 Å². The quantitative estimate of drug-likeness (QED) is 0.410. The summed E-state index contributed by atoms with van der Waals surface area (Å²) in [7, 11) is 1.24. The molecule has 0 radical (unpaired) electrons. The number of esters is 1. The summed E-state index contributed by atoms with van der Waals surface area (Å²) in [6, 6.07) is 0. The molecule has 1 unspecified atom stereocenters. The monoisotopic (exact) mass is 374 g/mol. The summed E-state index contributed by atoms with van der Waals surface area (Å²) in [6.07, 6.45) is 1.34. The van der Waals surface area contributed by atoms with E-state index < -0.39 is 59.4 Å². The lowest BCUT2D eigenvalue weighted by Gasteiger charge is -2.14. The molecule has 144 valence electrons. The minimum Gasteiger partial charge on any atom is -0.460 e. The standard InChI is InChI=1S/C19H22F4O3/c1-9(20)6-13-14(19(13,3)4)18(24)26-8-11-10(2)15(21)12(7-25-5)17(23)16(11)22/h6,13-14H,7-8H2,1-5H3/b9-6+/t13?,14-/m0/s1. The van der Waals surface area contributed by atoms with Gasteiger partial charge in [-0.05, 0) is 36.8 Å². The number of rotatable bonds is 6. The van der Waals surface area contributed by atoms with Gasteiger partial charge in [0.1, 0.15) is 12.4 Å². The van der Waals surface area contributed by atoms with Crippen LogP contribution in [0.25, 0.3) is 0 Å². The van der Waals surface area contributed by atoms with Crippen LogP contribution in [0.4, 0.5) is 17.6 Å². The minimum atomic E-state index is -1.36. The first-order valence-corrected chi connectivity index (χ1v) is 8.18. The largest absolute Gasteiger partial charge is 0.460 e. The normalized spacial score (nSPS) is 21.7. The number of carbonyl (C=O) groups is 1. The maximum atomic E-state index is 14.2. The lowest BCUT2D eigenvalue weighted by atomic mass is 10.0. The van der Waals surface area contributed by atoms with Gasteiger partial charge in [-0.1, -0.05) is 13.8 Å². The predicted octanol–water partition coefficient (Wildman–Crippen LogP) is 4.75. The van der Waals surface area contributed by atoms with Crippen LogP contribution in [0.5, 0.6) is 0 Å². The van der Waals surface area contributed by atoms with Crippen molar-refractivity contribution in [2.45, 2.75) is 40.9 Å². The zero-order valence-electron chi connectivity index (χ0n) is 15.4. The number of ether oxygens (including phenoxy) is 2. The smallest absolute Gasteiger partial charge is 0.310 e. The number of allylic oxidation sites excluding steroid dienone is 2. The number of carbonyl (C=O) groups excluding carboxylic acids is 1. The number of benzene rings is 1. The molecule has 1 aliphatic carbocycles. The summed E-state index contributed by atoms with van der Waals surface area (Å²) >= 11 is 0. The molecule has 1 aromatic carbocycles. The number of methoxy groups -OCH3 is 1. The Hall–Kier alpha value is -1.89. The highest BCUT2D eigenvalue weighted by Crippen LogP contribution is 2.60. The van der Waals surface area contributed by atoms with Gasteiger partial charge in [0.25, 0.3) is 0 Å². The van der Waals surface area contributed by atoms with Crippen LogP contribution < -0.4 is 0 Å². The Morgan fingerprint density at radius 1 is 1.12 bits per heavy atom. The molecule has 0 aromatic heterocycles.